The van der Waals surface area contributed by atoms with Gasteiger partial charge in [0.1, 0.15) is 11.5 Å². The van der Waals surface area contributed by atoms with Crippen molar-refractivity contribution in [3.63, 3.8) is 0 Å². The fourth-order valence-corrected chi connectivity index (χ4v) is 3.06. The van der Waals surface area contributed by atoms with Gasteiger partial charge in [0.25, 0.3) is 0 Å². The summed E-state index contributed by atoms with van der Waals surface area (Å²) in [5, 5.41) is 12.5. The van der Waals surface area contributed by atoms with E-state index in [1.807, 2.05) is 36.5 Å². The lowest BCUT2D eigenvalue weighted by Gasteiger charge is -2.09. The van der Waals surface area contributed by atoms with Crippen molar-refractivity contribution in [2.45, 2.75) is 25.7 Å². The zero-order valence-corrected chi connectivity index (χ0v) is 14.7. The quantitative estimate of drug-likeness (QED) is 0.649. The third-order valence-electron chi connectivity index (χ3n) is 4.71. The molecule has 2 heterocycles. The number of H-pyrrole nitrogens is 1. The van der Waals surface area contributed by atoms with Crippen molar-refractivity contribution in [2.24, 2.45) is 5.92 Å². The molecule has 134 valence electrons. The largest absolute Gasteiger partial charge is 0.346 e. The van der Waals surface area contributed by atoms with Crippen LogP contribution in [0.5, 0.6) is 0 Å². The summed E-state index contributed by atoms with van der Waals surface area (Å²) in [5.41, 5.74) is 3.16. The number of nitrogens with one attached hydrogen (secondary N) is 2. The SMILES string of the molecule is N#CCCC(=O)c1ccc(-c2cc(NC(=O)C3CC3)nc3[nH]ccc23)cc1. The highest BCUT2D eigenvalue weighted by molar-refractivity contribution is 6.00. The van der Waals surface area contributed by atoms with Gasteiger partial charge < -0.3 is 10.3 Å². The van der Waals surface area contributed by atoms with Gasteiger partial charge in [0.05, 0.1) is 6.07 Å². The fraction of sp³-hybridized carbons (Fsp3) is 0.238. The lowest BCUT2D eigenvalue weighted by atomic mass is 9.99. The molecule has 0 unspecified atom stereocenters. The topological polar surface area (TPSA) is 98.6 Å². The number of hydrogen-bond acceptors (Lipinski definition) is 4. The van der Waals surface area contributed by atoms with E-state index in [1.165, 1.54) is 0 Å². The minimum absolute atomic E-state index is 0.0118. The third kappa shape index (κ3) is 3.58. The second-order valence-corrected chi connectivity index (χ2v) is 6.72. The number of nitrogens with zero attached hydrogens (tertiary/aromatic N) is 2. The molecule has 6 heteroatoms. The van der Waals surface area contributed by atoms with Crippen LogP contribution in [0.2, 0.25) is 0 Å². The van der Waals surface area contributed by atoms with Gasteiger partial charge in [0.2, 0.25) is 5.91 Å². The summed E-state index contributed by atoms with van der Waals surface area (Å²) >= 11 is 0. The first-order valence-corrected chi connectivity index (χ1v) is 8.95. The van der Waals surface area contributed by atoms with E-state index < -0.39 is 0 Å². The first-order chi connectivity index (χ1) is 13.2. The Bertz CT molecular complexity index is 1060. The number of aromatic amines is 1. The van der Waals surface area contributed by atoms with Gasteiger partial charge in [-0.2, -0.15) is 5.26 Å². The minimum atomic E-state index is -0.0398. The van der Waals surface area contributed by atoms with E-state index in [1.54, 1.807) is 12.1 Å². The number of ketones is 1. The first kappa shape index (κ1) is 17.0. The van der Waals surface area contributed by atoms with Crippen LogP contribution in [0.15, 0.2) is 42.6 Å². The molecule has 3 aromatic rings. The Morgan fingerprint density at radius 1 is 1.22 bits per heavy atom. The molecule has 2 N–H and O–H groups in total. The van der Waals surface area contributed by atoms with Gasteiger partial charge in [-0.3, -0.25) is 9.59 Å². The van der Waals surface area contributed by atoms with E-state index in [0.717, 1.165) is 29.4 Å². The molecule has 1 saturated carbocycles. The van der Waals surface area contributed by atoms with E-state index >= 15 is 0 Å². The van der Waals surface area contributed by atoms with Crippen molar-refractivity contribution < 1.29 is 9.59 Å². The van der Waals surface area contributed by atoms with Crippen LogP contribution in [0, 0.1) is 17.2 Å². The Hall–Kier alpha value is -3.46. The molecular formula is C21H18N4O2. The Morgan fingerprint density at radius 3 is 2.70 bits per heavy atom. The number of rotatable bonds is 6. The van der Waals surface area contributed by atoms with Gasteiger partial charge in [-0.15, -0.1) is 0 Å². The second kappa shape index (κ2) is 7.04. The number of amides is 1. The number of carbonyl (C=O) groups is 2. The molecule has 4 rings (SSSR count). The monoisotopic (exact) mass is 358 g/mol. The lowest BCUT2D eigenvalue weighted by Crippen LogP contribution is -2.14. The van der Waals surface area contributed by atoms with Crippen LogP contribution >= 0.6 is 0 Å². The van der Waals surface area contributed by atoms with E-state index in [0.29, 0.717) is 17.0 Å². The molecular weight excluding hydrogens is 340 g/mol. The highest BCUT2D eigenvalue weighted by Gasteiger charge is 2.30. The van der Waals surface area contributed by atoms with Crippen molar-refractivity contribution >= 4 is 28.5 Å². The van der Waals surface area contributed by atoms with E-state index in [2.05, 4.69) is 15.3 Å². The molecule has 1 aliphatic rings. The molecule has 0 aliphatic heterocycles. The number of pyridine rings is 1. The van der Waals surface area contributed by atoms with Gasteiger partial charge in [-0.25, -0.2) is 4.98 Å². The summed E-state index contributed by atoms with van der Waals surface area (Å²) in [6.45, 7) is 0. The van der Waals surface area contributed by atoms with Crippen molar-refractivity contribution in [3.8, 4) is 17.2 Å². The van der Waals surface area contributed by atoms with Crippen LogP contribution in [0.3, 0.4) is 0 Å². The lowest BCUT2D eigenvalue weighted by molar-refractivity contribution is -0.117. The molecule has 27 heavy (non-hydrogen) atoms. The molecule has 1 aromatic carbocycles. The smallest absolute Gasteiger partial charge is 0.228 e. The molecule has 1 amide bonds. The summed E-state index contributed by atoms with van der Waals surface area (Å²) in [6, 6.07) is 13.1. The van der Waals surface area contributed by atoms with Gasteiger partial charge >= 0.3 is 0 Å². The Balaban J connectivity index is 1.65. The van der Waals surface area contributed by atoms with Crippen molar-refractivity contribution in [1.29, 1.82) is 5.26 Å². The highest BCUT2D eigenvalue weighted by atomic mass is 16.2. The molecule has 0 radical (unpaired) electrons. The van der Waals surface area contributed by atoms with Crippen LogP contribution in [0.25, 0.3) is 22.2 Å². The number of benzene rings is 1. The number of nitriles is 1. The average Bonchev–Trinajstić information content (AvgIpc) is 3.44. The predicted molar refractivity (Wildman–Crippen MR) is 102 cm³/mol. The van der Waals surface area contributed by atoms with Crippen LogP contribution in [-0.2, 0) is 4.79 Å². The van der Waals surface area contributed by atoms with Crippen LogP contribution in [0.1, 0.15) is 36.0 Å². The molecule has 0 saturated heterocycles. The zero-order valence-electron chi connectivity index (χ0n) is 14.7. The first-order valence-electron chi connectivity index (χ1n) is 8.95. The van der Waals surface area contributed by atoms with Gasteiger partial charge in [-0.05, 0) is 36.1 Å². The Labute approximate surface area is 156 Å². The maximum Gasteiger partial charge on any atom is 0.228 e. The van der Waals surface area contributed by atoms with E-state index in [-0.39, 0.29) is 30.4 Å². The maximum atomic E-state index is 12.1. The number of Topliss-reactive ketones (excluding diaryl/α,β-unsaturated/α-hetero) is 1. The third-order valence-corrected chi connectivity index (χ3v) is 4.71. The number of aromatic nitrogens is 2. The van der Waals surface area contributed by atoms with Crippen molar-refractivity contribution in [1.82, 2.24) is 9.97 Å². The number of hydrogen-bond donors (Lipinski definition) is 2. The van der Waals surface area contributed by atoms with Crippen molar-refractivity contribution in [3.05, 3.63) is 48.2 Å². The van der Waals surface area contributed by atoms with Crippen molar-refractivity contribution in [2.75, 3.05) is 5.32 Å². The molecule has 2 aromatic heterocycles. The summed E-state index contributed by atoms with van der Waals surface area (Å²) < 4.78 is 0. The van der Waals surface area contributed by atoms with E-state index in [4.69, 9.17) is 5.26 Å². The number of fused-ring (bicyclic) bond motifs is 1. The van der Waals surface area contributed by atoms with Gasteiger partial charge in [-0.1, -0.05) is 24.3 Å². The fourth-order valence-electron chi connectivity index (χ4n) is 3.06. The Morgan fingerprint density at radius 2 is 2.00 bits per heavy atom. The molecule has 1 aliphatic carbocycles. The summed E-state index contributed by atoms with van der Waals surface area (Å²) in [7, 11) is 0. The molecule has 0 atom stereocenters. The highest BCUT2D eigenvalue weighted by Crippen LogP contribution is 2.33. The van der Waals surface area contributed by atoms with Crippen LogP contribution in [0.4, 0.5) is 5.82 Å². The standard InChI is InChI=1S/C21H18N4O2/c22-10-1-2-18(26)14-5-3-13(4-6-14)17-12-19(25-21(27)15-7-8-15)24-20-16(17)9-11-23-20/h3-6,9,11-12,15H,1-2,7-8H2,(H2,23,24,25,27). The Kier molecular flexibility index (Phi) is 4.43. The minimum Gasteiger partial charge on any atom is -0.346 e. The summed E-state index contributed by atoms with van der Waals surface area (Å²) in [6.07, 6.45) is 4.13. The zero-order chi connectivity index (χ0) is 18.8. The van der Waals surface area contributed by atoms with Gasteiger partial charge in [0, 0.05) is 35.9 Å². The van der Waals surface area contributed by atoms with Crippen LogP contribution < -0.4 is 5.32 Å². The summed E-state index contributed by atoms with van der Waals surface area (Å²) in [5.74, 6) is 0.596. The second-order valence-electron chi connectivity index (χ2n) is 6.72. The number of carbonyl (C=O) groups excluding carboxylic acids is 2. The molecule has 6 nitrogen and oxygen atoms in total. The molecule has 0 spiro atoms. The predicted octanol–water partition coefficient (Wildman–Crippen LogP) is 4.06. The average molecular weight is 358 g/mol. The normalized spacial score (nSPS) is 13.3. The van der Waals surface area contributed by atoms with Gasteiger partial charge in [0.15, 0.2) is 5.78 Å². The molecule has 1 fully saturated rings. The van der Waals surface area contributed by atoms with E-state index in [9.17, 15) is 9.59 Å². The van der Waals surface area contributed by atoms with Crippen LogP contribution in [-0.4, -0.2) is 21.7 Å². The summed E-state index contributed by atoms with van der Waals surface area (Å²) in [4.78, 5) is 31.7. The number of anilines is 1. The molecule has 0 bridgehead atoms. The maximum absolute atomic E-state index is 12.1.